The Morgan fingerprint density at radius 2 is 2.08 bits per heavy atom. The van der Waals surface area contributed by atoms with Crippen LogP contribution >= 0.6 is 0 Å². The number of carboxylic acid groups (broad SMARTS) is 1. The summed E-state index contributed by atoms with van der Waals surface area (Å²) in [7, 11) is -0.982. The van der Waals surface area contributed by atoms with Crippen LogP contribution in [-0.2, 0) is 9.53 Å². The Bertz CT molecular complexity index is 157. The van der Waals surface area contributed by atoms with Gasteiger partial charge in [0.1, 0.15) is 6.61 Å². The number of hydrogen-bond acceptors (Lipinski definition) is 2. The molecule has 0 bridgehead atoms. The van der Waals surface area contributed by atoms with Gasteiger partial charge in [-0.3, -0.25) is 0 Å². The molecule has 78 valence electrons. The van der Waals surface area contributed by atoms with Gasteiger partial charge in [-0.25, -0.2) is 4.79 Å². The van der Waals surface area contributed by atoms with Crippen molar-refractivity contribution < 1.29 is 14.6 Å². The van der Waals surface area contributed by atoms with Crippen molar-refractivity contribution in [2.45, 2.75) is 38.5 Å². The first-order valence-electron chi connectivity index (χ1n) is 4.77. The van der Waals surface area contributed by atoms with Crippen molar-refractivity contribution in [3.63, 3.8) is 0 Å². The zero-order valence-corrected chi connectivity index (χ0v) is 9.80. The Balaban J connectivity index is 3.30. The lowest BCUT2D eigenvalue weighted by Crippen LogP contribution is -2.24. The van der Waals surface area contributed by atoms with Crippen molar-refractivity contribution in [3.8, 4) is 0 Å². The second kappa shape index (κ2) is 6.15. The predicted molar refractivity (Wildman–Crippen MR) is 55.8 cm³/mol. The highest BCUT2D eigenvalue weighted by Gasteiger charge is 2.16. The molecule has 0 aromatic heterocycles. The van der Waals surface area contributed by atoms with Crippen LogP contribution in [0.1, 0.15) is 13.3 Å². The van der Waals surface area contributed by atoms with E-state index >= 15 is 0 Å². The molecule has 0 saturated heterocycles. The third-order valence-electron chi connectivity index (χ3n) is 2.32. The zero-order chi connectivity index (χ0) is 10.3. The minimum absolute atomic E-state index is 0.159. The van der Waals surface area contributed by atoms with Gasteiger partial charge in [0.2, 0.25) is 0 Å². The highest BCUT2D eigenvalue weighted by atomic mass is 28.3. The van der Waals surface area contributed by atoms with Crippen LogP contribution in [0.25, 0.3) is 0 Å². The van der Waals surface area contributed by atoms with Gasteiger partial charge in [0.25, 0.3) is 0 Å². The fourth-order valence-electron chi connectivity index (χ4n) is 0.989. The lowest BCUT2D eigenvalue weighted by molar-refractivity contribution is -0.142. The van der Waals surface area contributed by atoms with E-state index in [2.05, 4.69) is 20.0 Å². The molecule has 3 nitrogen and oxygen atoms in total. The lowest BCUT2D eigenvalue weighted by atomic mass is 10.5. The maximum absolute atomic E-state index is 10.1. The van der Waals surface area contributed by atoms with Crippen LogP contribution in [-0.4, -0.2) is 32.4 Å². The molecule has 0 saturated carbocycles. The minimum atomic E-state index is -0.982. The first-order chi connectivity index (χ1) is 5.98. The van der Waals surface area contributed by atoms with Gasteiger partial charge >= 0.3 is 5.97 Å². The van der Waals surface area contributed by atoms with E-state index in [1.807, 2.05) is 0 Å². The summed E-state index contributed by atoms with van der Waals surface area (Å²) in [4.78, 5) is 10.1. The largest absolute Gasteiger partial charge is 0.480 e. The molecule has 0 radical (unpaired) electrons. The summed E-state index contributed by atoms with van der Waals surface area (Å²) in [6, 6.07) is 2.51. The van der Waals surface area contributed by atoms with E-state index in [0.717, 1.165) is 6.42 Å². The zero-order valence-electron chi connectivity index (χ0n) is 8.80. The van der Waals surface area contributed by atoms with Crippen LogP contribution in [0.5, 0.6) is 0 Å². The highest BCUT2D eigenvalue weighted by molar-refractivity contribution is 6.77. The molecule has 0 aromatic carbocycles. The molecule has 0 amide bonds. The summed E-state index contributed by atoms with van der Waals surface area (Å²) in [5, 5.41) is 8.30. The molecule has 4 heteroatoms. The minimum Gasteiger partial charge on any atom is -0.480 e. The molecular formula is C9H20O3Si. The summed E-state index contributed by atoms with van der Waals surface area (Å²) in [6.07, 6.45) is 1.00. The van der Waals surface area contributed by atoms with Crippen molar-refractivity contribution in [1.29, 1.82) is 0 Å². The average molecular weight is 204 g/mol. The molecule has 0 aliphatic carbocycles. The summed E-state index contributed by atoms with van der Waals surface area (Å²) >= 11 is 0. The van der Waals surface area contributed by atoms with E-state index in [1.165, 1.54) is 12.1 Å². The van der Waals surface area contributed by atoms with Crippen LogP contribution in [0.3, 0.4) is 0 Å². The maximum atomic E-state index is 10.1. The van der Waals surface area contributed by atoms with Crippen LogP contribution in [0.4, 0.5) is 0 Å². The van der Waals surface area contributed by atoms with Crippen molar-refractivity contribution in [3.05, 3.63) is 0 Å². The number of ether oxygens (including phenoxy) is 1. The van der Waals surface area contributed by atoms with Crippen LogP contribution in [0, 0.1) is 0 Å². The van der Waals surface area contributed by atoms with E-state index in [0.29, 0.717) is 6.61 Å². The van der Waals surface area contributed by atoms with Crippen molar-refractivity contribution in [2.75, 3.05) is 13.2 Å². The second-order valence-electron chi connectivity index (χ2n) is 4.07. The van der Waals surface area contributed by atoms with Gasteiger partial charge in [0.15, 0.2) is 0 Å². The predicted octanol–water partition coefficient (Wildman–Crippen LogP) is 2.21. The third kappa shape index (κ3) is 7.99. The fourth-order valence-corrected chi connectivity index (χ4v) is 2.44. The molecule has 0 unspecified atom stereocenters. The fraction of sp³-hybridized carbons (Fsp3) is 0.889. The molecule has 0 heterocycles. The van der Waals surface area contributed by atoms with Crippen molar-refractivity contribution >= 4 is 14.0 Å². The number of carboxylic acids is 1. The number of aliphatic carboxylic acids is 1. The maximum Gasteiger partial charge on any atom is 0.329 e. The number of carbonyl (C=O) groups is 1. The first-order valence-corrected chi connectivity index (χ1v) is 8.19. The lowest BCUT2D eigenvalue weighted by Gasteiger charge is -2.19. The molecule has 0 atom stereocenters. The van der Waals surface area contributed by atoms with E-state index in [-0.39, 0.29) is 6.61 Å². The quantitative estimate of drug-likeness (QED) is 0.511. The van der Waals surface area contributed by atoms with E-state index < -0.39 is 14.0 Å². The number of hydrogen-bond donors (Lipinski definition) is 1. The normalized spacial score (nSPS) is 11.6. The summed E-state index contributed by atoms with van der Waals surface area (Å²) in [6.45, 7) is 7.36. The van der Waals surface area contributed by atoms with E-state index in [9.17, 15) is 4.79 Å². The molecule has 0 aliphatic heterocycles. The Hall–Kier alpha value is -0.353. The van der Waals surface area contributed by atoms with Crippen LogP contribution in [0.15, 0.2) is 0 Å². The van der Waals surface area contributed by atoms with Crippen LogP contribution in [0.2, 0.25) is 25.2 Å². The van der Waals surface area contributed by atoms with Gasteiger partial charge < -0.3 is 9.84 Å². The van der Waals surface area contributed by atoms with Gasteiger partial charge in [-0.05, 0) is 6.42 Å². The number of rotatable bonds is 7. The van der Waals surface area contributed by atoms with E-state index in [4.69, 9.17) is 9.84 Å². The van der Waals surface area contributed by atoms with Gasteiger partial charge in [0, 0.05) is 14.7 Å². The molecule has 0 rings (SSSR count). The topological polar surface area (TPSA) is 46.5 Å². The van der Waals surface area contributed by atoms with Gasteiger partial charge in [-0.15, -0.1) is 0 Å². The summed E-state index contributed by atoms with van der Waals surface area (Å²) in [5.74, 6) is -0.882. The second-order valence-corrected chi connectivity index (χ2v) is 9.60. The molecule has 1 N–H and O–H groups in total. The molecule has 0 aromatic rings. The summed E-state index contributed by atoms with van der Waals surface area (Å²) in [5.41, 5.74) is 0. The van der Waals surface area contributed by atoms with Crippen LogP contribution < -0.4 is 0 Å². The highest BCUT2D eigenvalue weighted by Crippen LogP contribution is 2.16. The molecule has 0 fully saturated rings. The third-order valence-corrected chi connectivity index (χ3v) is 5.95. The SMILES string of the molecule is CC[Si](C)(C)CCCOCC(=O)O. The molecular weight excluding hydrogens is 184 g/mol. The molecule has 0 spiro atoms. The van der Waals surface area contributed by atoms with Gasteiger partial charge in [-0.1, -0.05) is 32.1 Å². The molecule has 13 heavy (non-hydrogen) atoms. The molecule has 0 aliphatic rings. The Kier molecular flexibility index (Phi) is 5.99. The Labute approximate surface area is 81.1 Å². The Morgan fingerprint density at radius 1 is 1.46 bits per heavy atom. The standard InChI is InChI=1S/C9H20O3Si/c1-4-13(2,3)7-5-6-12-8-9(10)11/h4-8H2,1-3H3,(H,10,11). The van der Waals surface area contributed by atoms with Gasteiger partial charge in [-0.2, -0.15) is 0 Å². The van der Waals surface area contributed by atoms with Crippen molar-refractivity contribution in [2.24, 2.45) is 0 Å². The summed E-state index contributed by atoms with van der Waals surface area (Å²) < 4.78 is 4.96. The average Bonchev–Trinajstić information content (AvgIpc) is 2.03. The van der Waals surface area contributed by atoms with Gasteiger partial charge in [0.05, 0.1) is 0 Å². The van der Waals surface area contributed by atoms with E-state index in [1.54, 1.807) is 0 Å². The smallest absolute Gasteiger partial charge is 0.329 e. The monoisotopic (exact) mass is 204 g/mol. The van der Waals surface area contributed by atoms with Crippen molar-refractivity contribution in [1.82, 2.24) is 0 Å². The Morgan fingerprint density at radius 3 is 2.54 bits per heavy atom. The first kappa shape index (κ1) is 12.6.